The number of carbonyl (C=O) groups is 1. The highest BCUT2D eigenvalue weighted by Gasteiger charge is 2.59. The van der Waals surface area contributed by atoms with Gasteiger partial charge in [-0.25, -0.2) is 21.6 Å². The SMILES string of the molecule is O=C(C1CCCCC1)N1CC(c2ccc(C(F)(CF)C(F)(F)F)cc2)(S(=O)(=O)c2ccc(F)cc2)CC1CO. The van der Waals surface area contributed by atoms with Crippen LogP contribution in [0.4, 0.5) is 26.3 Å². The topological polar surface area (TPSA) is 74.7 Å². The Morgan fingerprint density at radius 1 is 0.974 bits per heavy atom. The van der Waals surface area contributed by atoms with Crippen molar-refractivity contribution in [2.24, 2.45) is 5.92 Å². The third-order valence-electron chi connectivity index (χ3n) is 8.02. The van der Waals surface area contributed by atoms with Gasteiger partial charge in [-0.2, -0.15) is 13.2 Å². The van der Waals surface area contributed by atoms with Gasteiger partial charge >= 0.3 is 6.18 Å². The fourth-order valence-corrected chi connectivity index (χ4v) is 7.83. The lowest BCUT2D eigenvalue weighted by atomic mass is 9.88. The van der Waals surface area contributed by atoms with Crippen LogP contribution in [-0.2, 0) is 25.0 Å². The zero-order valence-electron chi connectivity index (χ0n) is 20.9. The molecule has 2 aliphatic rings. The second-order valence-corrected chi connectivity index (χ2v) is 12.6. The zero-order valence-corrected chi connectivity index (χ0v) is 21.7. The van der Waals surface area contributed by atoms with Crippen LogP contribution in [0.1, 0.15) is 49.7 Å². The van der Waals surface area contributed by atoms with Crippen molar-refractivity contribution in [3.05, 3.63) is 65.5 Å². The smallest absolute Gasteiger partial charge is 0.394 e. The minimum absolute atomic E-state index is 0.0589. The van der Waals surface area contributed by atoms with Crippen molar-refractivity contribution in [3.63, 3.8) is 0 Å². The molecule has 0 aromatic heterocycles. The summed E-state index contributed by atoms with van der Waals surface area (Å²) in [5.41, 5.74) is -5.39. The standard InChI is InChI=1S/C27H29F6NO4S/c28-16-26(30,27(31,32)33)20-8-6-19(7-9-20)25(39(37,38)23-12-10-21(29)11-13-23)14-22(15-35)34(17-25)24(36)18-4-2-1-3-5-18/h6-13,18,22,35H,1-5,14-17H2. The minimum atomic E-state index is -5.56. The highest BCUT2D eigenvalue weighted by atomic mass is 32.2. The predicted molar refractivity (Wildman–Crippen MR) is 130 cm³/mol. The van der Waals surface area contributed by atoms with Gasteiger partial charge in [0.25, 0.3) is 5.67 Å². The van der Waals surface area contributed by atoms with Gasteiger partial charge in [0, 0.05) is 18.0 Å². The van der Waals surface area contributed by atoms with Crippen molar-refractivity contribution in [2.45, 2.75) is 66.1 Å². The Kier molecular flexibility index (Phi) is 8.11. The maximum Gasteiger partial charge on any atom is 0.429 e. The Bertz CT molecular complexity index is 1280. The van der Waals surface area contributed by atoms with Crippen LogP contribution < -0.4 is 0 Å². The lowest BCUT2D eigenvalue weighted by molar-refractivity contribution is -0.240. The molecule has 1 N–H and O–H groups in total. The van der Waals surface area contributed by atoms with E-state index >= 15 is 0 Å². The highest BCUT2D eigenvalue weighted by molar-refractivity contribution is 7.92. The molecule has 0 spiro atoms. The van der Waals surface area contributed by atoms with Crippen molar-refractivity contribution in [2.75, 3.05) is 19.8 Å². The maximum absolute atomic E-state index is 14.7. The molecule has 1 aliphatic heterocycles. The van der Waals surface area contributed by atoms with Crippen molar-refractivity contribution in [1.82, 2.24) is 4.90 Å². The number of halogens is 6. The Morgan fingerprint density at radius 2 is 1.56 bits per heavy atom. The number of likely N-dealkylation sites (tertiary alicyclic amines) is 1. The number of benzene rings is 2. The Balaban J connectivity index is 1.83. The molecular weight excluding hydrogens is 548 g/mol. The number of nitrogens with zero attached hydrogens (tertiary/aromatic N) is 1. The van der Waals surface area contributed by atoms with E-state index in [2.05, 4.69) is 0 Å². The van der Waals surface area contributed by atoms with Crippen LogP contribution >= 0.6 is 0 Å². The molecule has 1 saturated carbocycles. The Hall–Kier alpha value is -2.60. The summed E-state index contributed by atoms with van der Waals surface area (Å²) >= 11 is 0. The molecule has 39 heavy (non-hydrogen) atoms. The average Bonchev–Trinajstić information content (AvgIpc) is 3.34. The molecule has 4 rings (SSSR count). The summed E-state index contributed by atoms with van der Waals surface area (Å²) in [4.78, 5) is 14.5. The van der Waals surface area contributed by atoms with E-state index < -0.39 is 63.7 Å². The Labute approximate surface area is 222 Å². The van der Waals surface area contributed by atoms with Gasteiger partial charge in [0.2, 0.25) is 5.91 Å². The van der Waals surface area contributed by atoms with Gasteiger partial charge in [-0.1, -0.05) is 43.5 Å². The summed E-state index contributed by atoms with van der Waals surface area (Å²) in [6.07, 6.45) is -2.02. The van der Waals surface area contributed by atoms with E-state index in [1.165, 1.54) is 4.90 Å². The van der Waals surface area contributed by atoms with E-state index in [1.54, 1.807) is 0 Å². The monoisotopic (exact) mass is 577 g/mol. The first-order valence-corrected chi connectivity index (χ1v) is 14.1. The van der Waals surface area contributed by atoms with Crippen molar-refractivity contribution in [3.8, 4) is 0 Å². The third kappa shape index (κ3) is 5.05. The van der Waals surface area contributed by atoms with Gasteiger partial charge in [-0.05, 0) is 49.1 Å². The normalized spacial score (nSPS) is 24.5. The number of amides is 1. The lowest BCUT2D eigenvalue weighted by Gasteiger charge is -2.32. The fraction of sp³-hybridized carbons (Fsp3) is 0.519. The summed E-state index contributed by atoms with van der Waals surface area (Å²) in [6.45, 7) is -3.36. The second-order valence-electron chi connectivity index (χ2n) is 10.3. The summed E-state index contributed by atoms with van der Waals surface area (Å²) in [5.74, 6) is -1.37. The van der Waals surface area contributed by atoms with Crippen LogP contribution in [0.3, 0.4) is 0 Å². The molecule has 214 valence electrons. The molecule has 2 aromatic carbocycles. The molecule has 12 heteroatoms. The minimum Gasteiger partial charge on any atom is -0.394 e. The molecule has 1 saturated heterocycles. The first kappa shape index (κ1) is 29.4. The average molecular weight is 578 g/mol. The van der Waals surface area contributed by atoms with Gasteiger partial charge < -0.3 is 10.0 Å². The van der Waals surface area contributed by atoms with E-state index in [4.69, 9.17) is 0 Å². The number of rotatable bonds is 7. The van der Waals surface area contributed by atoms with E-state index in [0.717, 1.165) is 55.7 Å². The molecule has 2 aromatic rings. The lowest BCUT2D eigenvalue weighted by Crippen LogP contribution is -2.44. The second kappa shape index (κ2) is 10.8. The molecule has 5 nitrogen and oxygen atoms in total. The van der Waals surface area contributed by atoms with Gasteiger partial charge in [-0.3, -0.25) is 4.79 Å². The third-order valence-corrected chi connectivity index (χ3v) is 10.5. The van der Waals surface area contributed by atoms with E-state index in [-0.39, 0.29) is 28.7 Å². The van der Waals surface area contributed by atoms with Gasteiger partial charge in [-0.15, -0.1) is 0 Å². The molecule has 1 amide bonds. The van der Waals surface area contributed by atoms with Crippen LogP contribution in [0.5, 0.6) is 0 Å². The van der Waals surface area contributed by atoms with Crippen LogP contribution in [0.15, 0.2) is 53.4 Å². The van der Waals surface area contributed by atoms with Gasteiger partial charge in [0.05, 0.1) is 17.5 Å². The largest absolute Gasteiger partial charge is 0.429 e. The molecule has 2 fully saturated rings. The highest BCUT2D eigenvalue weighted by Crippen LogP contribution is 2.48. The first-order valence-electron chi connectivity index (χ1n) is 12.6. The van der Waals surface area contributed by atoms with Gasteiger partial charge in [0.15, 0.2) is 9.84 Å². The number of sulfone groups is 1. The van der Waals surface area contributed by atoms with E-state index in [9.17, 15) is 44.7 Å². The molecule has 0 bridgehead atoms. The quantitative estimate of drug-likeness (QED) is 0.355. The molecule has 1 aliphatic carbocycles. The van der Waals surface area contributed by atoms with Crippen LogP contribution in [0, 0.1) is 11.7 Å². The molecular formula is C27H29F6NO4S. The number of aliphatic hydroxyl groups excluding tert-OH is 1. The van der Waals surface area contributed by atoms with Gasteiger partial charge in [0.1, 0.15) is 17.2 Å². The summed E-state index contributed by atoms with van der Waals surface area (Å²) in [6, 6.07) is 6.37. The first-order chi connectivity index (χ1) is 18.3. The molecule has 0 radical (unpaired) electrons. The number of aliphatic hydroxyl groups is 1. The molecule has 1 heterocycles. The van der Waals surface area contributed by atoms with Crippen LogP contribution in [0.2, 0.25) is 0 Å². The maximum atomic E-state index is 14.7. The Morgan fingerprint density at radius 3 is 2.08 bits per heavy atom. The molecule has 3 atom stereocenters. The van der Waals surface area contributed by atoms with E-state index in [0.29, 0.717) is 25.0 Å². The van der Waals surface area contributed by atoms with Crippen molar-refractivity contribution >= 4 is 15.7 Å². The zero-order chi connectivity index (χ0) is 28.6. The summed E-state index contributed by atoms with van der Waals surface area (Å²) in [7, 11) is -4.45. The van der Waals surface area contributed by atoms with Crippen LogP contribution in [-0.4, -0.2) is 56.4 Å². The number of alkyl halides is 5. The number of carbonyl (C=O) groups excluding carboxylic acids is 1. The van der Waals surface area contributed by atoms with Crippen molar-refractivity contribution < 1.29 is 44.7 Å². The number of hydrogen-bond donors (Lipinski definition) is 1. The number of hydrogen-bond acceptors (Lipinski definition) is 4. The summed E-state index contributed by atoms with van der Waals surface area (Å²) in [5, 5.41) is 10.2. The van der Waals surface area contributed by atoms with Crippen LogP contribution in [0.25, 0.3) is 0 Å². The molecule has 3 unspecified atom stereocenters. The summed E-state index contributed by atoms with van der Waals surface area (Å²) < 4.78 is 108. The van der Waals surface area contributed by atoms with Crippen molar-refractivity contribution in [1.29, 1.82) is 0 Å². The predicted octanol–water partition coefficient (Wildman–Crippen LogP) is 5.37. The van der Waals surface area contributed by atoms with E-state index in [1.807, 2.05) is 0 Å². The fourth-order valence-electron chi connectivity index (χ4n) is 5.72.